The normalized spacial score (nSPS) is 22.2. The van der Waals surface area contributed by atoms with Crippen LogP contribution in [0.2, 0.25) is 0 Å². The fourth-order valence-electron chi connectivity index (χ4n) is 3.33. The highest BCUT2D eigenvalue weighted by atomic mass is 16.5. The third-order valence-electron chi connectivity index (χ3n) is 4.62. The Balaban J connectivity index is 1.79. The average molecular weight is 296 g/mol. The van der Waals surface area contributed by atoms with Crippen LogP contribution in [0, 0.1) is 5.92 Å². The fraction of sp³-hybridized carbons (Fsp3) is 0.875. The Hall–Kier alpha value is -1.10. The molecule has 0 aromatic rings. The number of hydrogen-bond donors (Lipinski definition) is 0. The quantitative estimate of drug-likeness (QED) is 0.793. The Morgan fingerprint density at radius 1 is 1.05 bits per heavy atom. The molecule has 0 radical (unpaired) electrons. The molecule has 2 rings (SSSR count). The molecule has 0 N–H and O–H groups in total. The highest BCUT2D eigenvalue weighted by Crippen LogP contribution is 2.25. The van der Waals surface area contributed by atoms with Crippen molar-refractivity contribution >= 4 is 11.8 Å². The minimum Gasteiger partial charge on any atom is -0.369 e. The van der Waals surface area contributed by atoms with Gasteiger partial charge in [0.15, 0.2) is 0 Å². The number of piperazine rings is 1. The summed E-state index contributed by atoms with van der Waals surface area (Å²) >= 11 is 0. The lowest BCUT2D eigenvalue weighted by Crippen LogP contribution is -2.54. The van der Waals surface area contributed by atoms with Crippen LogP contribution in [0.4, 0.5) is 0 Å². The number of carbonyl (C=O) groups excluding carboxylic acids is 2. The molecule has 2 aliphatic rings. The Morgan fingerprint density at radius 3 is 2.19 bits per heavy atom. The van der Waals surface area contributed by atoms with Crippen LogP contribution in [0.15, 0.2) is 0 Å². The first kappa shape index (κ1) is 16.3. The maximum Gasteiger partial charge on any atom is 0.251 e. The Bertz CT molecular complexity index is 359. The second-order valence-corrected chi connectivity index (χ2v) is 6.08. The summed E-state index contributed by atoms with van der Waals surface area (Å²) < 4.78 is 5.35. The van der Waals surface area contributed by atoms with Gasteiger partial charge in [0.05, 0.1) is 0 Å². The summed E-state index contributed by atoms with van der Waals surface area (Å²) in [6, 6.07) is 0. The molecule has 1 saturated carbocycles. The van der Waals surface area contributed by atoms with Gasteiger partial charge in [0, 0.05) is 38.7 Å². The molecule has 21 heavy (non-hydrogen) atoms. The van der Waals surface area contributed by atoms with Gasteiger partial charge in [-0.1, -0.05) is 19.3 Å². The second kappa shape index (κ2) is 7.78. The predicted octanol–water partition coefficient (Wildman–Crippen LogP) is 1.66. The monoisotopic (exact) mass is 296 g/mol. The second-order valence-electron chi connectivity index (χ2n) is 6.08. The smallest absolute Gasteiger partial charge is 0.251 e. The lowest BCUT2D eigenvalue weighted by Gasteiger charge is -2.37. The van der Waals surface area contributed by atoms with Crippen LogP contribution in [-0.2, 0) is 14.3 Å². The van der Waals surface area contributed by atoms with E-state index in [0.717, 1.165) is 12.8 Å². The van der Waals surface area contributed by atoms with Gasteiger partial charge >= 0.3 is 0 Å². The van der Waals surface area contributed by atoms with Crippen LogP contribution in [0.1, 0.15) is 46.0 Å². The molecule has 0 aromatic carbocycles. The SMILES string of the molecule is CCOC(C)C(=O)N1CCN(C(=O)C2CCCCC2)CC1. The molecule has 1 heterocycles. The van der Waals surface area contributed by atoms with Crippen LogP contribution in [-0.4, -0.2) is 60.5 Å². The van der Waals surface area contributed by atoms with E-state index in [4.69, 9.17) is 4.74 Å². The van der Waals surface area contributed by atoms with E-state index in [0.29, 0.717) is 38.7 Å². The van der Waals surface area contributed by atoms with E-state index in [-0.39, 0.29) is 17.9 Å². The van der Waals surface area contributed by atoms with Gasteiger partial charge in [0.2, 0.25) is 5.91 Å². The van der Waals surface area contributed by atoms with Gasteiger partial charge in [-0.25, -0.2) is 0 Å². The van der Waals surface area contributed by atoms with Gasteiger partial charge in [-0.2, -0.15) is 0 Å². The van der Waals surface area contributed by atoms with Gasteiger partial charge in [0.25, 0.3) is 5.91 Å². The number of hydrogen-bond acceptors (Lipinski definition) is 3. The molecule has 2 fully saturated rings. The molecule has 1 aliphatic carbocycles. The average Bonchev–Trinajstić information content (AvgIpc) is 2.54. The summed E-state index contributed by atoms with van der Waals surface area (Å²) in [6.45, 7) is 6.84. The summed E-state index contributed by atoms with van der Waals surface area (Å²) in [7, 11) is 0. The van der Waals surface area contributed by atoms with Crippen molar-refractivity contribution < 1.29 is 14.3 Å². The van der Waals surface area contributed by atoms with E-state index in [1.54, 1.807) is 6.92 Å². The molecule has 1 saturated heterocycles. The summed E-state index contributed by atoms with van der Waals surface area (Å²) in [4.78, 5) is 28.4. The maximum absolute atomic E-state index is 12.5. The topological polar surface area (TPSA) is 49.9 Å². The molecule has 0 bridgehead atoms. The van der Waals surface area contributed by atoms with Gasteiger partial charge < -0.3 is 14.5 Å². The first-order chi connectivity index (χ1) is 10.1. The van der Waals surface area contributed by atoms with Gasteiger partial charge in [-0.05, 0) is 26.7 Å². The van der Waals surface area contributed by atoms with Crippen molar-refractivity contribution in [1.29, 1.82) is 0 Å². The van der Waals surface area contributed by atoms with Crippen LogP contribution < -0.4 is 0 Å². The van der Waals surface area contributed by atoms with E-state index in [1.165, 1.54) is 19.3 Å². The summed E-state index contributed by atoms with van der Waals surface area (Å²) in [5, 5.41) is 0. The van der Waals surface area contributed by atoms with Gasteiger partial charge in [-0.15, -0.1) is 0 Å². The molecular formula is C16H28N2O3. The minimum absolute atomic E-state index is 0.0432. The third kappa shape index (κ3) is 4.19. The Kier molecular flexibility index (Phi) is 6.03. The highest BCUT2D eigenvalue weighted by Gasteiger charge is 2.30. The van der Waals surface area contributed by atoms with Gasteiger partial charge in [-0.3, -0.25) is 9.59 Å². The zero-order chi connectivity index (χ0) is 15.2. The lowest BCUT2D eigenvalue weighted by molar-refractivity contribution is -0.148. The number of ether oxygens (including phenoxy) is 1. The largest absolute Gasteiger partial charge is 0.369 e. The minimum atomic E-state index is -0.379. The molecule has 2 amide bonds. The van der Waals surface area contributed by atoms with Gasteiger partial charge in [0.1, 0.15) is 6.10 Å². The van der Waals surface area contributed by atoms with Crippen molar-refractivity contribution in [2.45, 2.75) is 52.1 Å². The van der Waals surface area contributed by atoms with Crippen molar-refractivity contribution in [1.82, 2.24) is 9.80 Å². The van der Waals surface area contributed by atoms with E-state index in [2.05, 4.69) is 0 Å². The molecule has 5 heteroatoms. The Labute approximate surface area is 127 Å². The first-order valence-corrected chi connectivity index (χ1v) is 8.32. The van der Waals surface area contributed by atoms with E-state index < -0.39 is 0 Å². The Morgan fingerprint density at radius 2 is 1.62 bits per heavy atom. The van der Waals surface area contributed by atoms with Crippen molar-refractivity contribution in [3.8, 4) is 0 Å². The summed E-state index contributed by atoms with van der Waals surface area (Å²) in [5.41, 5.74) is 0. The van der Waals surface area contributed by atoms with E-state index >= 15 is 0 Å². The summed E-state index contributed by atoms with van der Waals surface area (Å²) in [5.74, 6) is 0.574. The fourth-order valence-corrected chi connectivity index (χ4v) is 3.33. The molecule has 1 atom stereocenters. The predicted molar refractivity (Wildman–Crippen MR) is 80.8 cm³/mol. The number of nitrogens with zero attached hydrogens (tertiary/aromatic N) is 2. The lowest BCUT2D eigenvalue weighted by atomic mass is 9.88. The van der Waals surface area contributed by atoms with Crippen molar-refractivity contribution in [3.63, 3.8) is 0 Å². The number of amides is 2. The van der Waals surface area contributed by atoms with Crippen molar-refractivity contribution in [2.75, 3.05) is 32.8 Å². The molecule has 120 valence electrons. The van der Waals surface area contributed by atoms with E-state index in [9.17, 15) is 9.59 Å². The van der Waals surface area contributed by atoms with Crippen molar-refractivity contribution in [2.24, 2.45) is 5.92 Å². The molecule has 1 unspecified atom stereocenters. The molecule has 0 aromatic heterocycles. The first-order valence-electron chi connectivity index (χ1n) is 8.32. The number of carbonyl (C=O) groups is 2. The van der Waals surface area contributed by atoms with Crippen LogP contribution >= 0.6 is 0 Å². The van der Waals surface area contributed by atoms with Crippen LogP contribution in [0.5, 0.6) is 0 Å². The zero-order valence-corrected chi connectivity index (χ0v) is 13.3. The molecular weight excluding hydrogens is 268 g/mol. The van der Waals surface area contributed by atoms with Crippen molar-refractivity contribution in [3.05, 3.63) is 0 Å². The number of rotatable bonds is 4. The third-order valence-corrected chi connectivity index (χ3v) is 4.62. The standard InChI is InChI=1S/C16H28N2O3/c1-3-21-13(2)15(19)17-9-11-18(12-10-17)16(20)14-7-5-4-6-8-14/h13-14H,3-12H2,1-2H3. The molecule has 5 nitrogen and oxygen atoms in total. The van der Waals surface area contributed by atoms with E-state index in [1.807, 2.05) is 16.7 Å². The highest BCUT2D eigenvalue weighted by molar-refractivity contribution is 5.82. The van der Waals surface area contributed by atoms with Crippen LogP contribution in [0.25, 0.3) is 0 Å². The zero-order valence-electron chi connectivity index (χ0n) is 13.3. The van der Waals surface area contributed by atoms with Crippen LogP contribution in [0.3, 0.4) is 0 Å². The molecule has 1 aliphatic heterocycles. The molecule has 0 spiro atoms. The summed E-state index contributed by atoms with van der Waals surface area (Å²) in [6.07, 6.45) is 5.33. The maximum atomic E-state index is 12.5.